The fourth-order valence-corrected chi connectivity index (χ4v) is 2.81. The molecule has 0 radical (unpaired) electrons. The summed E-state index contributed by atoms with van der Waals surface area (Å²) < 4.78 is 0. The summed E-state index contributed by atoms with van der Waals surface area (Å²) in [6.07, 6.45) is 1.40. The van der Waals surface area contributed by atoms with Crippen molar-refractivity contribution in [2.75, 3.05) is 18.4 Å². The second-order valence-electron chi connectivity index (χ2n) is 6.09. The summed E-state index contributed by atoms with van der Waals surface area (Å²) in [5, 5.41) is 4.65. The van der Waals surface area contributed by atoms with Gasteiger partial charge >= 0.3 is 17.8 Å². The summed E-state index contributed by atoms with van der Waals surface area (Å²) in [4.78, 5) is 49.9. The number of nitrogens with zero attached hydrogens (tertiary/aromatic N) is 2. The van der Waals surface area contributed by atoms with Crippen molar-refractivity contribution in [3.05, 3.63) is 42.5 Å². The molecule has 134 valence electrons. The van der Waals surface area contributed by atoms with E-state index in [-0.39, 0.29) is 6.54 Å². The van der Waals surface area contributed by atoms with Gasteiger partial charge in [-0.25, -0.2) is 9.69 Å². The minimum Gasteiger partial charge on any atom is -0.325 e. The van der Waals surface area contributed by atoms with Crippen molar-refractivity contribution in [1.82, 2.24) is 9.80 Å². The first-order chi connectivity index (χ1) is 12.5. The van der Waals surface area contributed by atoms with Gasteiger partial charge in [0, 0.05) is 12.2 Å². The number of carbonyl (C=O) groups excluding carboxylic acids is 4. The van der Waals surface area contributed by atoms with E-state index in [1.807, 2.05) is 37.3 Å². The second kappa shape index (κ2) is 7.35. The lowest BCUT2D eigenvalue weighted by molar-refractivity contribution is -0.143. The molecule has 0 spiro atoms. The Labute approximate surface area is 150 Å². The molecule has 3 rings (SSSR count). The van der Waals surface area contributed by atoms with E-state index in [9.17, 15) is 19.2 Å². The highest BCUT2D eigenvalue weighted by Gasteiger charge is 2.44. The van der Waals surface area contributed by atoms with Crippen molar-refractivity contribution in [2.45, 2.75) is 19.8 Å². The van der Waals surface area contributed by atoms with E-state index < -0.39 is 30.3 Å². The molecule has 0 atom stereocenters. The number of unbranched alkanes of at least 4 members (excludes halogenated alkanes) is 1. The van der Waals surface area contributed by atoms with Crippen LogP contribution in [0.25, 0.3) is 10.8 Å². The third kappa shape index (κ3) is 3.42. The van der Waals surface area contributed by atoms with Crippen LogP contribution in [0.5, 0.6) is 0 Å². The number of nitrogens with one attached hydrogen (secondary N) is 1. The van der Waals surface area contributed by atoms with Gasteiger partial charge in [-0.3, -0.25) is 19.3 Å². The predicted molar refractivity (Wildman–Crippen MR) is 96.3 cm³/mol. The molecule has 1 aliphatic rings. The van der Waals surface area contributed by atoms with Crippen LogP contribution in [0, 0.1) is 0 Å². The normalized spacial score (nSPS) is 14.4. The van der Waals surface area contributed by atoms with Gasteiger partial charge in [0.2, 0.25) is 5.91 Å². The van der Waals surface area contributed by atoms with Crippen molar-refractivity contribution in [3.8, 4) is 0 Å². The number of rotatable bonds is 6. The highest BCUT2D eigenvalue weighted by molar-refractivity contribution is 6.45. The van der Waals surface area contributed by atoms with E-state index in [0.29, 0.717) is 17.0 Å². The van der Waals surface area contributed by atoms with Crippen LogP contribution in [-0.4, -0.2) is 46.6 Å². The number of fused-ring (bicyclic) bond motifs is 1. The Morgan fingerprint density at radius 2 is 1.65 bits per heavy atom. The molecule has 7 heteroatoms. The van der Waals surface area contributed by atoms with E-state index in [1.165, 1.54) is 0 Å². The Hall–Kier alpha value is -3.22. The standard InChI is InChI=1S/C19H19N3O4/c1-2-3-10-21-17(24)18(25)22(19(21)26)12-16(23)20-15-9-8-13-6-4-5-7-14(13)11-15/h4-9,11H,2-3,10,12H2,1H3,(H,20,23). The average Bonchev–Trinajstić information content (AvgIpc) is 2.83. The van der Waals surface area contributed by atoms with Crippen molar-refractivity contribution in [1.29, 1.82) is 0 Å². The fourth-order valence-electron chi connectivity index (χ4n) is 2.81. The van der Waals surface area contributed by atoms with Crippen molar-refractivity contribution in [3.63, 3.8) is 0 Å². The van der Waals surface area contributed by atoms with Crippen molar-refractivity contribution in [2.24, 2.45) is 0 Å². The Bertz CT molecular complexity index is 893. The van der Waals surface area contributed by atoms with Crippen LogP contribution in [0.2, 0.25) is 0 Å². The van der Waals surface area contributed by atoms with Crippen LogP contribution in [0.3, 0.4) is 0 Å². The summed E-state index contributed by atoms with van der Waals surface area (Å²) in [5.41, 5.74) is 0.557. The molecule has 2 aromatic carbocycles. The molecule has 0 aliphatic carbocycles. The predicted octanol–water partition coefficient (Wildman–Crippen LogP) is 2.37. The third-order valence-electron chi connectivity index (χ3n) is 4.21. The maximum atomic E-state index is 12.2. The van der Waals surface area contributed by atoms with E-state index in [1.54, 1.807) is 12.1 Å². The minimum absolute atomic E-state index is 0.183. The van der Waals surface area contributed by atoms with Crippen LogP contribution in [-0.2, 0) is 14.4 Å². The third-order valence-corrected chi connectivity index (χ3v) is 4.21. The topological polar surface area (TPSA) is 86.8 Å². The zero-order valence-electron chi connectivity index (χ0n) is 14.4. The molecule has 7 nitrogen and oxygen atoms in total. The number of anilines is 1. The van der Waals surface area contributed by atoms with Crippen LogP contribution < -0.4 is 5.32 Å². The highest BCUT2D eigenvalue weighted by Crippen LogP contribution is 2.19. The summed E-state index contributed by atoms with van der Waals surface area (Å²) in [5.74, 6) is -2.37. The molecule has 1 N–H and O–H groups in total. The van der Waals surface area contributed by atoms with Gasteiger partial charge in [-0.05, 0) is 29.3 Å². The summed E-state index contributed by atoms with van der Waals surface area (Å²) in [7, 11) is 0. The lowest BCUT2D eigenvalue weighted by atomic mass is 10.1. The molecular weight excluding hydrogens is 334 g/mol. The van der Waals surface area contributed by atoms with Gasteiger partial charge in [0.1, 0.15) is 6.54 Å². The van der Waals surface area contributed by atoms with E-state index in [0.717, 1.165) is 22.1 Å². The monoisotopic (exact) mass is 353 g/mol. The number of urea groups is 1. The molecule has 5 amide bonds. The zero-order valence-corrected chi connectivity index (χ0v) is 14.4. The van der Waals surface area contributed by atoms with E-state index >= 15 is 0 Å². The fraction of sp³-hybridized carbons (Fsp3) is 0.263. The maximum absolute atomic E-state index is 12.2. The van der Waals surface area contributed by atoms with Crippen molar-refractivity contribution < 1.29 is 19.2 Å². The largest absolute Gasteiger partial charge is 0.334 e. The summed E-state index contributed by atoms with van der Waals surface area (Å²) in [6, 6.07) is 12.4. The molecule has 1 fully saturated rings. The minimum atomic E-state index is -0.959. The second-order valence-corrected chi connectivity index (χ2v) is 6.09. The molecule has 0 saturated carbocycles. The smallest absolute Gasteiger partial charge is 0.325 e. The van der Waals surface area contributed by atoms with Crippen LogP contribution in [0.1, 0.15) is 19.8 Å². The number of hydrogen-bond donors (Lipinski definition) is 1. The number of amides is 5. The first-order valence-corrected chi connectivity index (χ1v) is 8.47. The Morgan fingerprint density at radius 1 is 0.962 bits per heavy atom. The van der Waals surface area contributed by atoms with E-state index in [2.05, 4.69) is 5.32 Å². The number of hydrogen-bond acceptors (Lipinski definition) is 4. The van der Waals surface area contributed by atoms with Crippen LogP contribution in [0.4, 0.5) is 10.5 Å². The summed E-state index contributed by atoms with van der Waals surface area (Å²) >= 11 is 0. The van der Waals surface area contributed by atoms with Crippen molar-refractivity contribution >= 4 is 40.2 Å². The summed E-state index contributed by atoms with van der Waals surface area (Å²) in [6.45, 7) is 1.61. The number of carbonyl (C=O) groups is 4. The molecule has 0 unspecified atom stereocenters. The average molecular weight is 353 g/mol. The van der Waals surface area contributed by atoms with Crippen LogP contribution >= 0.6 is 0 Å². The van der Waals surface area contributed by atoms with E-state index in [4.69, 9.17) is 0 Å². The number of imide groups is 2. The molecule has 2 aromatic rings. The zero-order chi connectivity index (χ0) is 18.7. The maximum Gasteiger partial charge on any atom is 0.334 e. The Kier molecular flexibility index (Phi) is 4.97. The first-order valence-electron chi connectivity index (χ1n) is 8.47. The molecule has 1 heterocycles. The molecule has 0 aromatic heterocycles. The van der Waals surface area contributed by atoms with Gasteiger partial charge < -0.3 is 5.32 Å². The molecule has 26 heavy (non-hydrogen) atoms. The molecular formula is C19H19N3O4. The number of benzene rings is 2. The van der Waals surface area contributed by atoms with Gasteiger partial charge in [0.15, 0.2) is 0 Å². The van der Waals surface area contributed by atoms with Gasteiger partial charge in [-0.2, -0.15) is 0 Å². The SMILES string of the molecule is CCCCN1C(=O)C(=O)N(CC(=O)Nc2ccc3ccccc3c2)C1=O. The van der Waals surface area contributed by atoms with Gasteiger partial charge in [-0.1, -0.05) is 43.7 Å². The quantitative estimate of drug-likeness (QED) is 0.638. The lowest BCUT2D eigenvalue weighted by Crippen LogP contribution is -2.39. The molecule has 0 bridgehead atoms. The molecule has 1 aliphatic heterocycles. The highest BCUT2D eigenvalue weighted by atomic mass is 16.2. The molecule has 1 saturated heterocycles. The Balaban J connectivity index is 1.67. The van der Waals surface area contributed by atoms with Crippen LogP contribution in [0.15, 0.2) is 42.5 Å². The Morgan fingerprint density at radius 3 is 2.38 bits per heavy atom. The first kappa shape index (κ1) is 17.6. The van der Waals surface area contributed by atoms with Gasteiger partial charge in [0.05, 0.1) is 0 Å². The lowest BCUT2D eigenvalue weighted by Gasteiger charge is -2.15. The van der Waals surface area contributed by atoms with Gasteiger partial charge in [0.25, 0.3) is 0 Å². The van der Waals surface area contributed by atoms with Gasteiger partial charge in [-0.15, -0.1) is 0 Å².